The molecule has 8 nitrogen and oxygen atoms in total. The van der Waals surface area contributed by atoms with E-state index >= 15 is 0 Å². The largest absolute Gasteiger partial charge is 0.508 e. The fraction of sp³-hybridized carbons (Fsp3) is 0.227. The molecule has 0 spiro atoms. The number of ketones is 1. The lowest BCUT2D eigenvalue weighted by Crippen LogP contribution is -2.43. The molecule has 0 radical (unpaired) electrons. The number of aliphatic hydroxyl groups is 1. The van der Waals surface area contributed by atoms with Crippen LogP contribution in [0.5, 0.6) is 0 Å². The molecule has 0 unspecified atom stereocenters. The standard InChI is InChI=1S/C22H23FN2O6S/c1-14(24)21(15(2)26)19(27)13-31-22(28)18(12-16-8-4-3-5-9-16)25-32(29,30)20-11-7-6-10-17(20)23/h3-11,18,24-25,27H,12-13H2,1-2H3/b21-19+,24-14?/t18-/m0/s1. The number of rotatable bonds is 10. The van der Waals surface area contributed by atoms with Gasteiger partial charge < -0.3 is 15.3 Å². The summed E-state index contributed by atoms with van der Waals surface area (Å²) in [6, 6.07) is 11.7. The smallest absolute Gasteiger partial charge is 0.324 e. The molecule has 0 bridgehead atoms. The Bertz CT molecular complexity index is 1130. The van der Waals surface area contributed by atoms with Crippen LogP contribution in [0.2, 0.25) is 0 Å². The summed E-state index contributed by atoms with van der Waals surface area (Å²) in [6.07, 6.45) is -0.110. The zero-order valence-corrected chi connectivity index (χ0v) is 18.3. The number of hydrogen-bond acceptors (Lipinski definition) is 7. The first-order valence-corrected chi connectivity index (χ1v) is 11.0. The molecule has 0 saturated heterocycles. The third kappa shape index (κ3) is 6.56. The van der Waals surface area contributed by atoms with Crippen molar-refractivity contribution < 1.29 is 32.2 Å². The van der Waals surface area contributed by atoms with Gasteiger partial charge in [0.25, 0.3) is 0 Å². The third-order valence-electron chi connectivity index (χ3n) is 4.36. The highest BCUT2D eigenvalue weighted by molar-refractivity contribution is 7.89. The molecule has 32 heavy (non-hydrogen) atoms. The van der Waals surface area contributed by atoms with Crippen molar-refractivity contribution >= 4 is 27.5 Å². The fourth-order valence-corrected chi connectivity index (χ4v) is 4.20. The molecular weight excluding hydrogens is 439 g/mol. The van der Waals surface area contributed by atoms with E-state index in [2.05, 4.69) is 4.72 Å². The highest BCUT2D eigenvalue weighted by atomic mass is 32.2. The fourth-order valence-electron chi connectivity index (χ4n) is 2.93. The van der Waals surface area contributed by atoms with Crippen molar-refractivity contribution in [2.75, 3.05) is 6.61 Å². The minimum atomic E-state index is -4.43. The molecule has 2 rings (SSSR count). The number of nitrogens with one attached hydrogen (secondary N) is 2. The van der Waals surface area contributed by atoms with Crippen LogP contribution < -0.4 is 4.72 Å². The average molecular weight is 462 g/mol. The summed E-state index contributed by atoms with van der Waals surface area (Å²) in [5, 5.41) is 17.6. The number of aliphatic hydroxyl groups excluding tert-OH is 1. The van der Waals surface area contributed by atoms with Crippen LogP contribution in [-0.2, 0) is 30.8 Å². The summed E-state index contributed by atoms with van der Waals surface area (Å²) < 4.78 is 46.6. The van der Waals surface area contributed by atoms with Crippen LogP contribution in [0.25, 0.3) is 0 Å². The number of benzene rings is 2. The van der Waals surface area contributed by atoms with Crippen LogP contribution >= 0.6 is 0 Å². The maximum absolute atomic E-state index is 14.0. The maximum Gasteiger partial charge on any atom is 0.324 e. The summed E-state index contributed by atoms with van der Waals surface area (Å²) in [5.41, 5.74) is 0.0849. The average Bonchev–Trinajstić information content (AvgIpc) is 2.71. The number of carbonyl (C=O) groups is 2. The first-order valence-electron chi connectivity index (χ1n) is 9.49. The summed E-state index contributed by atoms with van der Waals surface area (Å²) in [5.74, 6) is -3.26. The Morgan fingerprint density at radius 3 is 2.25 bits per heavy atom. The monoisotopic (exact) mass is 462 g/mol. The number of Topliss-reactive ketones (excluding diaryl/α,β-unsaturated/α-hetero) is 1. The molecule has 0 heterocycles. The van der Waals surface area contributed by atoms with Crippen LogP contribution in [-0.4, -0.2) is 43.6 Å². The quantitative estimate of drug-likeness (QED) is 0.215. The Hall–Kier alpha value is -3.37. The number of carbonyl (C=O) groups excluding carboxylic acids is 2. The second-order valence-corrected chi connectivity index (χ2v) is 8.59. The molecule has 0 amide bonds. The number of esters is 1. The van der Waals surface area contributed by atoms with Gasteiger partial charge in [-0.1, -0.05) is 42.5 Å². The molecule has 2 aromatic rings. The lowest BCUT2D eigenvalue weighted by Gasteiger charge is -2.18. The van der Waals surface area contributed by atoms with Gasteiger partial charge >= 0.3 is 5.97 Å². The van der Waals surface area contributed by atoms with Gasteiger partial charge in [0, 0.05) is 5.71 Å². The van der Waals surface area contributed by atoms with Gasteiger partial charge in [-0.05, 0) is 38.0 Å². The second-order valence-electron chi connectivity index (χ2n) is 6.90. The van der Waals surface area contributed by atoms with Crippen LogP contribution in [0.3, 0.4) is 0 Å². The molecule has 170 valence electrons. The molecule has 0 saturated carbocycles. The summed E-state index contributed by atoms with van der Waals surface area (Å²) in [4.78, 5) is 23.7. The highest BCUT2D eigenvalue weighted by Gasteiger charge is 2.29. The second kappa shape index (κ2) is 10.8. The van der Waals surface area contributed by atoms with E-state index in [0.717, 1.165) is 19.1 Å². The molecule has 0 fully saturated rings. The van der Waals surface area contributed by atoms with Gasteiger partial charge in [-0.3, -0.25) is 9.59 Å². The summed E-state index contributed by atoms with van der Waals surface area (Å²) in [6.45, 7) is 1.69. The van der Waals surface area contributed by atoms with Crippen molar-refractivity contribution in [1.82, 2.24) is 4.72 Å². The molecule has 1 atom stereocenters. The number of halogens is 1. The van der Waals surface area contributed by atoms with Crippen LogP contribution in [0.15, 0.2) is 70.8 Å². The molecule has 0 aliphatic carbocycles. The molecule has 3 N–H and O–H groups in total. The van der Waals surface area contributed by atoms with E-state index in [-0.39, 0.29) is 17.7 Å². The molecule has 10 heteroatoms. The van der Waals surface area contributed by atoms with E-state index in [1.54, 1.807) is 30.3 Å². The van der Waals surface area contributed by atoms with Crippen molar-refractivity contribution in [3.63, 3.8) is 0 Å². The number of ether oxygens (including phenoxy) is 1. The van der Waals surface area contributed by atoms with E-state index in [1.165, 1.54) is 19.1 Å². The van der Waals surface area contributed by atoms with Crippen molar-refractivity contribution in [2.24, 2.45) is 0 Å². The van der Waals surface area contributed by atoms with Gasteiger partial charge in [0.05, 0.1) is 5.57 Å². The number of allylic oxidation sites excluding steroid dienone is 1. The zero-order valence-electron chi connectivity index (χ0n) is 17.5. The van der Waals surface area contributed by atoms with Gasteiger partial charge in [-0.25, -0.2) is 12.8 Å². The topological polar surface area (TPSA) is 134 Å². The molecule has 0 aliphatic heterocycles. The number of hydrogen-bond donors (Lipinski definition) is 3. The van der Waals surface area contributed by atoms with Gasteiger partial charge in [-0.15, -0.1) is 0 Å². The SMILES string of the molecule is CC(=N)/C(C(C)=O)=C(\O)COC(=O)[C@H](Cc1ccccc1)NS(=O)(=O)c1ccccc1F. The van der Waals surface area contributed by atoms with E-state index in [0.29, 0.717) is 5.56 Å². The van der Waals surface area contributed by atoms with Crippen LogP contribution in [0.1, 0.15) is 19.4 Å². The van der Waals surface area contributed by atoms with Crippen molar-refractivity contribution in [2.45, 2.75) is 31.2 Å². The predicted molar refractivity (Wildman–Crippen MR) is 115 cm³/mol. The van der Waals surface area contributed by atoms with Crippen molar-refractivity contribution in [3.05, 3.63) is 77.3 Å². The van der Waals surface area contributed by atoms with Crippen LogP contribution in [0, 0.1) is 11.2 Å². The Morgan fingerprint density at radius 2 is 1.69 bits per heavy atom. The highest BCUT2D eigenvalue weighted by Crippen LogP contribution is 2.16. The normalized spacial score (nSPS) is 13.1. The Morgan fingerprint density at radius 1 is 1.09 bits per heavy atom. The Balaban J connectivity index is 2.30. The van der Waals surface area contributed by atoms with Crippen molar-refractivity contribution in [3.8, 4) is 0 Å². The lowest BCUT2D eigenvalue weighted by molar-refractivity contribution is -0.145. The van der Waals surface area contributed by atoms with E-state index in [4.69, 9.17) is 10.1 Å². The van der Waals surface area contributed by atoms with Gasteiger partial charge in [0.1, 0.15) is 29.1 Å². The van der Waals surface area contributed by atoms with Crippen molar-refractivity contribution in [1.29, 1.82) is 5.41 Å². The molecular formula is C22H23FN2O6S. The third-order valence-corrected chi connectivity index (χ3v) is 5.86. The lowest BCUT2D eigenvalue weighted by atomic mass is 10.1. The van der Waals surface area contributed by atoms with E-state index < -0.39 is 50.9 Å². The molecule has 2 aromatic carbocycles. The first kappa shape index (κ1) is 24.9. The number of sulfonamides is 1. The minimum absolute atomic E-state index is 0.110. The summed E-state index contributed by atoms with van der Waals surface area (Å²) >= 11 is 0. The van der Waals surface area contributed by atoms with Crippen LogP contribution in [0.4, 0.5) is 4.39 Å². The Labute approximate surface area is 185 Å². The van der Waals surface area contributed by atoms with Gasteiger partial charge in [-0.2, -0.15) is 4.72 Å². The minimum Gasteiger partial charge on any atom is -0.508 e. The zero-order chi connectivity index (χ0) is 23.9. The Kier molecular flexibility index (Phi) is 8.39. The maximum atomic E-state index is 14.0. The predicted octanol–water partition coefficient (Wildman–Crippen LogP) is 2.70. The van der Waals surface area contributed by atoms with E-state index in [9.17, 15) is 27.5 Å². The van der Waals surface area contributed by atoms with E-state index in [1.807, 2.05) is 0 Å². The molecule has 0 aromatic heterocycles. The molecule has 0 aliphatic rings. The summed E-state index contributed by atoms with van der Waals surface area (Å²) in [7, 11) is -4.43. The van der Waals surface area contributed by atoms with Gasteiger partial charge in [0.15, 0.2) is 5.78 Å². The first-order chi connectivity index (χ1) is 15.0. The van der Waals surface area contributed by atoms with Gasteiger partial charge in [0.2, 0.25) is 10.0 Å².